The predicted molar refractivity (Wildman–Crippen MR) is 95.4 cm³/mol. The van der Waals surface area contributed by atoms with Gasteiger partial charge in [0.15, 0.2) is 0 Å². The average Bonchev–Trinajstić information content (AvgIpc) is 2.89. The molecule has 4 nitrogen and oxygen atoms in total. The molecule has 0 aliphatic heterocycles. The molecular formula is C17H13FIN3O. The van der Waals surface area contributed by atoms with Crippen LogP contribution >= 0.6 is 22.6 Å². The number of hydrogen-bond donors (Lipinski definition) is 1. The van der Waals surface area contributed by atoms with Crippen LogP contribution in [0.15, 0.2) is 54.6 Å². The van der Waals surface area contributed by atoms with E-state index in [9.17, 15) is 9.18 Å². The highest BCUT2D eigenvalue weighted by Crippen LogP contribution is 2.18. The van der Waals surface area contributed by atoms with E-state index in [0.29, 0.717) is 17.1 Å². The molecule has 0 saturated carbocycles. The molecule has 2 aromatic carbocycles. The molecule has 0 aliphatic rings. The highest BCUT2D eigenvalue weighted by atomic mass is 127. The maximum absolute atomic E-state index is 13.1. The predicted octanol–water partition coefficient (Wildman–Crippen LogP) is 4.18. The number of rotatable bonds is 3. The summed E-state index contributed by atoms with van der Waals surface area (Å²) in [7, 11) is 0. The zero-order valence-electron chi connectivity index (χ0n) is 12.3. The number of benzene rings is 2. The van der Waals surface area contributed by atoms with Crippen LogP contribution in [0.25, 0.3) is 5.69 Å². The number of amides is 1. The molecule has 0 atom stereocenters. The summed E-state index contributed by atoms with van der Waals surface area (Å²) in [4.78, 5) is 12.4. The van der Waals surface area contributed by atoms with Gasteiger partial charge in [-0.2, -0.15) is 5.10 Å². The van der Waals surface area contributed by atoms with Crippen LogP contribution in [0.1, 0.15) is 16.1 Å². The summed E-state index contributed by atoms with van der Waals surface area (Å²) in [6.45, 7) is 1.83. The molecule has 3 aromatic rings. The highest BCUT2D eigenvalue weighted by molar-refractivity contribution is 14.1. The topological polar surface area (TPSA) is 46.9 Å². The Morgan fingerprint density at radius 3 is 2.43 bits per heavy atom. The van der Waals surface area contributed by atoms with Gasteiger partial charge in [-0.3, -0.25) is 4.79 Å². The number of nitrogens with zero attached hydrogens (tertiary/aromatic N) is 2. The normalized spacial score (nSPS) is 10.6. The Labute approximate surface area is 146 Å². The Morgan fingerprint density at radius 2 is 1.78 bits per heavy atom. The molecule has 3 rings (SSSR count). The molecule has 0 unspecified atom stereocenters. The Balaban J connectivity index is 1.90. The number of anilines is 1. The molecular weight excluding hydrogens is 408 g/mol. The van der Waals surface area contributed by atoms with Crippen molar-refractivity contribution in [1.82, 2.24) is 9.78 Å². The molecule has 0 bridgehead atoms. The number of nitrogens with one attached hydrogen (secondary N) is 1. The van der Waals surface area contributed by atoms with E-state index >= 15 is 0 Å². The van der Waals surface area contributed by atoms with E-state index in [1.807, 2.05) is 19.1 Å². The third kappa shape index (κ3) is 3.58. The van der Waals surface area contributed by atoms with Gasteiger partial charge in [-0.1, -0.05) is 0 Å². The van der Waals surface area contributed by atoms with Gasteiger partial charge in [0, 0.05) is 15.2 Å². The van der Waals surface area contributed by atoms with Gasteiger partial charge < -0.3 is 5.32 Å². The van der Waals surface area contributed by atoms with Gasteiger partial charge in [-0.25, -0.2) is 9.07 Å². The van der Waals surface area contributed by atoms with E-state index in [-0.39, 0.29) is 11.7 Å². The van der Waals surface area contributed by atoms with Crippen LogP contribution in [0.4, 0.5) is 10.2 Å². The third-order valence-corrected chi connectivity index (χ3v) is 3.97. The van der Waals surface area contributed by atoms with Crippen LogP contribution in [0.5, 0.6) is 0 Å². The second-order valence-corrected chi connectivity index (χ2v) is 6.27. The molecule has 0 radical (unpaired) electrons. The largest absolute Gasteiger partial charge is 0.306 e. The van der Waals surface area contributed by atoms with Gasteiger partial charge in [0.05, 0.1) is 11.4 Å². The minimum absolute atomic E-state index is 0.218. The molecule has 0 fully saturated rings. The van der Waals surface area contributed by atoms with Crippen molar-refractivity contribution in [2.45, 2.75) is 6.92 Å². The first kappa shape index (κ1) is 15.7. The van der Waals surface area contributed by atoms with Crippen molar-refractivity contribution in [3.63, 3.8) is 0 Å². The zero-order valence-corrected chi connectivity index (χ0v) is 14.4. The van der Waals surface area contributed by atoms with E-state index in [2.05, 4.69) is 33.0 Å². The molecule has 1 amide bonds. The summed E-state index contributed by atoms with van der Waals surface area (Å²) >= 11 is 2.19. The Bertz CT molecular complexity index is 841. The van der Waals surface area contributed by atoms with Gasteiger partial charge in [0.2, 0.25) is 0 Å². The minimum Gasteiger partial charge on any atom is -0.306 e. The highest BCUT2D eigenvalue weighted by Gasteiger charge is 2.12. The lowest BCUT2D eigenvalue weighted by atomic mass is 10.2. The van der Waals surface area contributed by atoms with Crippen molar-refractivity contribution in [2.24, 2.45) is 0 Å². The summed E-state index contributed by atoms with van der Waals surface area (Å²) in [5, 5.41) is 7.20. The quantitative estimate of drug-likeness (QED) is 0.646. The Kier molecular flexibility index (Phi) is 4.42. The van der Waals surface area contributed by atoms with Crippen LogP contribution in [0.3, 0.4) is 0 Å². The molecule has 1 aromatic heterocycles. The molecule has 0 aliphatic carbocycles. The fourth-order valence-electron chi connectivity index (χ4n) is 2.16. The SMILES string of the molecule is Cc1cc(NC(=O)c2ccc(I)cc2)n(-c2ccc(F)cc2)n1. The van der Waals surface area contributed by atoms with E-state index < -0.39 is 0 Å². The number of aromatic nitrogens is 2. The Morgan fingerprint density at radius 1 is 1.13 bits per heavy atom. The van der Waals surface area contributed by atoms with Crippen molar-refractivity contribution >= 4 is 34.3 Å². The fourth-order valence-corrected chi connectivity index (χ4v) is 2.52. The summed E-state index contributed by atoms with van der Waals surface area (Å²) in [6, 6.07) is 15.0. The molecule has 1 heterocycles. The van der Waals surface area contributed by atoms with Crippen LogP contribution in [-0.4, -0.2) is 15.7 Å². The van der Waals surface area contributed by atoms with E-state index in [1.54, 1.807) is 35.0 Å². The van der Waals surface area contributed by atoms with Crippen LogP contribution in [-0.2, 0) is 0 Å². The fraction of sp³-hybridized carbons (Fsp3) is 0.0588. The maximum atomic E-state index is 13.1. The van der Waals surface area contributed by atoms with Crippen LogP contribution in [0, 0.1) is 16.3 Å². The lowest BCUT2D eigenvalue weighted by molar-refractivity contribution is 0.102. The van der Waals surface area contributed by atoms with Crippen LogP contribution < -0.4 is 5.32 Å². The number of carbonyl (C=O) groups excluding carboxylic acids is 1. The number of aryl methyl sites for hydroxylation is 1. The first-order valence-corrected chi connectivity index (χ1v) is 8.00. The van der Waals surface area contributed by atoms with Crippen molar-refractivity contribution in [3.8, 4) is 5.69 Å². The summed E-state index contributed by atoms with van der Waals surface area (Å²) in [6.07, 6.45) is 0. The van der Waals surface area contributed by atoms with Gasteiger partial charge in [0.25, 0.3) is 5.91 Å². The van der Waals surface area contributed by atoms with Crippen molar-refractivity contribution in [3.05, 3.63) is 75.2 Å². The van der Waals surface area contributed by atoms with Crippen molar-refractivity contribution in [2.75, 3.05) is 5.32 Å². The lowest BCUT2D eigenvalue weighted by Crippen LogP contribution is -2.15. The lowest BCUT2D eigenvalue weighted by Gasteiger charge is -2.09. The molecule has 0 saturated heterocycles. The van der Waals surface area contributed by atoms with Gasteiger partial charge in [-0.15, -0.1) is 0 Å². The average molecular weight is 421 g/mol. The van der Waals surface area contributed by atoms with Crippen LogP contribution in [0.2, 0.25) is 0 Å². The monoisotopic (exact) mass is 421 g/mol. The van der Waals surface area contributed by atoms with Crippen molar-refractivity contribution in [1.29, 1.82) is 0 Å². The third-order valence-electron chi connectivity index (χ3n) is 3.25. The summed E-state index contributed by atoms with van der Waals surface area (Å²) in [5.41, 5.74) is 2.00. The van der Waals surface area contributed by atoms with Gasteiger partial charge in [-0.05, 0) is 78.0 Å². The molecule has 23 heavy (non-hydrogen) atoms. The molecule has 6 heteroatoms. The minimum atomic E-state index is -0.317. The standard InChI is InChI=1S/C17H13FIN3O/c1-11-10-16(20-17(23)12-2-6-14(19)7-3-12)22(21-11)15-8-4-13(18)5-9-15/h2-10H,1H3,(H,20,23). The summed E-state index contributed by atoms with van der Waals surface area (Å²) < 4.78 is 15.7. The maximum Gasteiger partial charge on any atom is 0.256 e. The first-order valence-electron chi connectivity index (χ1n) is 6.92. The number of hydrogen-bond acceptors (Lipinski definition) is 2. The second-order valence-electron chi connectivity index (χ2n) is 5.02. The smallest absolute Gasteiger partial charge is 0.256 e. The number of halogens is 2. The van der Waals surface area contributed by atoms with Gasteiger partial charge in [0.1, 0.15) is 11.6 Å². The van der Waals surface area contributed by atoms with E-state index in [1.165, 1.54) is 12.1 Å². The molecule has 0 spiro atoms. The zero-order chi connectivity index (χ0) is 16.4. The van der Waals surface area contributed by atoms with E-state index in [0.717, 1.165) is 9.26 Å². The number of carbonyl (C=O) groups is 1. The molecule has 116 valence electrons. The second kappa shape index (κ2) is 6.49. The van der Waals surface area contributed by atoms with Gasteiger partial charge >= 0.3 is 0 Å². The first-order chi connectivity index (χ1) is 11.0. The van der Waals surface area contributed by atoms with Crippen molar-refractivity contribution < 1.29 is 9.18 Å². The summed E-state index contributed by atoms with van der Waals surface area (Å²) in [5.74, 6) is 0.00409. The van der Waals surface area contributed by atoms with E-state index in [4.69, 9.17) is 0 Å². The molecule has 1 N–H and O–H groups in total. The Hall–Kier alpha value is -2.22.